The number of carbonyl (C=O) groups is 1. The molecule has 1 N–H and O–H groups in total. The molecule has 0 spiro atoms. The van der Waals surface area contributed by atoms with E-state index in [2.05, 4.69) is 5.32 Å². The molecule has 5 heteroatoms. The van der Waals surface area contributed by atoms with Crippen LogP contribution in [0.25, 0.3) is 0 Å². The highest BCUT2D eigenvalue weighted by atomic mass is 32.2. The lowest BCUT2D eigenvalue weighted by molar-refractivity contribution is 0.0954. The average molecular weight is 317 g/mol. The van der Waals surface area contributed by atoms with E-state index in [9.17, 15) is 13.2 Å². The number of sulfone groups is 1. The molecule has 0 saturated heterocycles. The molecule has 22 heavy (non-hydrogen) atoms. The SMILES string of the molecule is CCS(=O)(=O)c1ccc(CCNC(=O)c2ccccc2)cc1. The Bertz CT molecular complexity index is 722. The van der Waals surface area contributed by atoms with Gasteiger partial charge in [0.15, 0.2) is 9.84 Å². The highest BCUT2D eigenvalue weighted by molar-refractivity contribution is 7.91. The van der Waals surface area contributed by atoms with Crippen LogP contribution in [0.15, 0.2) is 59.5 Å². The van der Waals surface area contributed by atoms with Gasteiger partial charge in [-0.1, -0.05) is 37.3 Å². The fraction of sp³-hybridized carbons (Fsp3) is 0.235. The van der Waals surface area contributed by atoms with Gasteiger partial charge in [-0.25, -0.2) is 8.42 Å². The normalized spacial score (nSPS) is 11.1. The van der Waals surface area contributed by atoms with Crippen LogP contribution < -0.4 is 5.32 Å². The molecule has 0 bridgehead atoms. The van der Waals surface area contributed by atoms with E-state index in [1.54, 1.807) is 43.3 Å². The molecule has 2 rings (SSSR count). The van der Waals surface area contributed by atoms with E-state index >= 15 is 0 Å². The van der Waals surface area contributed by atoms with Gasteiger partial charge >= 0.3 is 0 Å². The lowest BCUT2D eigenvalue weighted by Crippen LogP contribution is -2.25. The summed E-state index contributed by atoms with van der Waals surface area (Å²) < 4.78 is 23.4. The molecule has 0 saturated carbocycles. The Labute approximate surface area is 131 Å². The fourth-order valence-corrected chi connectivity index (χ4v) is 2.93. The quantitative estimate of drug-likeness (QED) is 0.890. The van der Waals surface area contributed by atoms with Crippen molar-refractivity contribution >= 4 is 15.7 Å². The fourth-order valence-electron chi connectivity index (χ4n) is 2.04. The van der Waals surface area contributed by atoms with Gasteiger partial charge in [0, 0.05) is 12.1 Å². The number of carbonyl (C=O) groups excluding carboxylic acids is 1. The van der Waals surface area contributed by atoms with E-state index in [0.29, 0.717) is 23.4 Å². The summed E-state index contributed by atoms with van der Waals surface area (Å²) in [5, 5.41) is 2.85. The maximum absolute atomic E-state index is 11.9. The molecule has 0 aromatic heterocycles. The molecule has 0 unspecified atom stereocenters. The van der Waals surface area contributed by atoms with E-state index in [-0.39, 0.29) is 11.7 Å². The van der Waals surface area contributed by atoms with Gasteiger partial charge in [-0.15, -0.1) is 0 Å². The predicted molar refractivity (Wildman–Crippen MR) is 86.6 cm³/mol. The van der Waals surface area contributed by atoms with Crippen molar-refractivity contribution in [3.63, 3.8) is 0 Å². The third-order valence-corrected chi connectivity index (χ3v) is 5.15. The van der Waals surface area contributed by atoms with Crippen molar-refractivity contribution in [2.24, 2.45) is 0 Å². The predicted octanol–water partition coefficient (Wildman–Crippen LogP) is 2.45. The molecule has 1 amide bonds. The summed E-state index contributed by atoms with van der Waals surface area (Å²) in [5.74, 6) is -0.00905. The van der Waals surface area contributed by atoms with E-state index in [1.807, 2.05) is 18.2 Å². The number of hydrogen-bond acceptors (Lipinski definition) is 3. The molecule has 0 aliphatic rings. The maximum Gasteiger partial charge on any atom is 0.251 e. The highest BCUT2D eigenvalue weighted by Crippen LogP contribution is 2.12. The second kappa shape index (κ2) is 7.22. The van der Waals surface area contributed by atoms with Gasteiger partial charge in [0.2, 0.25) is 0 Å². The van der Waals surface area contributed by atoms with Gasteiger partial charge in [-0.2, -0.15) is 0 Å². The Morgan fingerprint density at radius 1 is 1.00 bits per heavy atom. The van der Waals surface area contributed by atoms with E-state index in [4.69, 9.17) is 0 Å². The summed E-state index contributed by atoms with van der Waals surface area (Å²) in [4.78, 5) is 12.2. The first kappa shape index (κ1) is 16.2. The zero-order valence-corrected chi connectivity index (χ0v) is 13.3. The number of rotatable bonds is 6. The lowest BCUT2D eigenvalue weighted by atomic mass is 10.1. The molecule has 116 valence electrons. The smallest absolute Gasteiger partial charge is 0.251 e. The molecule has 2 aromatic carbocycles. The molecule has 0 fully saturated rings. The van der Waals surface area contributed by atoms with Crippen molar-refractivity contribution in [2.75, 3.05) is 12.3 Å². The summed E-state index contributed by atoms with van der Waals surface area (Å²) in [6.07, 6.45) is 0.658. The molecule has 0 aliphatic carbocycles. The van der Waals surface area contributed by atoms with Crippen LogP contribution in [0.3, 0.4) is 0 Å². The number of nitrogens with one attached hydrogen (secondary N) is 1. The summed E-state index contributed by atoms with van der Waals surface area (Å²) in [6.45, 7) is 2.13. The van der Waals surface area contributed by atoms with Crippen LogP contribution >= 0.6 is 0 Å². The Kier molecular flexibility index (Phi) is 5.33. The average Bonchev–Trinajstić information content (AvgIpc) is 2.56. The van der Waals surface area contributed by atoms with Gasteiger partial charge in [0.1, 0.15) is 0 Å². The Morgan fingerprint density at radius 3 is 2.23 bits per heavy atom. The second-order valence-corrected chi connectivity index (χ2v) is 7.20. The molecule has 0 heterocycles. The first-order valence-corrected chi connectivity index (χ1v) is 8.83. The zero-order chi connectivity index (χ0) is 16.0. The molecule has 4 nitrogen and oxygen atoms in total. The molecule has 0 radical (unpaired) electrons. The molecular weight excluding hydrogens is 298 g/mol. The lowest BCUT2D eigenvalue weighted by Gasteiger charge is -2.06. The Morgan fingerprint density at radius 2 is 1.64 bits per heavy atom. The first-order valence-electron chi connectivity index (χ1n) is 7.18. The summed E-state index contributed by atoms with van der Waals surface area (Å²) in [7, 11) is -3.15. The van der Waals surface area contributed by atoms with Crippen LogP contribution in [-0.4, -0.2) is 26.6 Å². The number of amides is 1. The van der Waals surface area contributed by atoms with Crippen LogP contribution in [-0.2, 0) is 16.3 Å². The van der Waals surface area contributed by atoms with Gasteiger partial charge in [-0.05, 0) is 36.2 Å². The molecular formula is C17H19NO3S. The largest absolute Gasteiger partial charge is 0.352 e. The van der Waals surface area contributed by atoms with Gasteiger partial charge in [0.05, 0.1) is 10.6 Å². The minimum absolute atomic E-state index is 0.0967. The molecule has 0 aliphatic heterocycles. The third kappa shape index (κ3) is 4.18. The van der Waals surface area contributed by atoms with Crippen LogP contribution in [0.2, 0.25) is 0 Å². The summed E-state index contributed by atoms with van der Waals surface area (Å²) in [5.41, 5.74) is 1.62. The zero-order valence-electron chi connectivity index (χ0n) is 12.5. The molecule has 2 aromatic rings. The number of hydrogen-bond donors (Lipinski definition) is 1. The monoisotopic (exact) mass is 317 g/mol. The van der Waals surface area contributed by atoms with E-state index in [1.165, 1.54) is 0 Å². The third-order valence-electron chi connectivity index (χ3n) is 3.40. The first-order chi connectivity index (χ1) is 10.5. The van der Waals surface area contributed by atoms with Crippen LogP contribution in [0.5, 0.6) is 0 Å². The van der Waals surface area contributed by atoms with Crippen LogP contribution in [0.1, 0.15) is 22.8 Å². The molecule has 0 atom stereocenters. The number of benzene rings is 2. The second-order valence-electron chi connectivity index (χ2n) is 4.92. The minimum atomic E-state index is -3.15. The van der Waals surface area contributed by atoms with Crippen molar-refractivity contribution in [3.05, 3.63) is 65.7 Å². The van der Waals surface area contributed by atoms with E-state index < -0.39 is 9.84 Å². The van der Waals surface area contributed by atoms with Crippen LogP contribution in [0.4, 0.5) is 0 Å². The summed E-state index contributed by atoms with van der Waals surface area (Å²) >= 11 is 0. The van der Waals surface area contributed by atoms with Gasteiger partial charge < -0.3 is 5.32 Å². The highest BCUT2D eigenvalue weighted by Gasteiger charge is 2.10. The Hall–Kier alpha value is -2.14. The van der Waals surface area contributed by atoms with Crippen molar-refractivity contribution in [3.8, 4) is 0 Å². The minimum Gasteiger partial charge on any atom is -0.352 e. The van der Waals surface area contributed by atoms with E-state index in [0.717, 1.165) is 5.56 Å². The van der Waals surface area contributed by atoms with Gasteiger partial charge in [-0.3, -0.25) is 4.79 Å². The maximum atomic E-state index is 11.9. The van der Waals surface area contributed by atoms with Crippen molar-refractivity contribution in [1.82, 2.24) is 5.32 Å². The summed E-state index contributed by atoms with van der Waals surface area (Å²) in [6, 6.07) is 15.8. The van der Waals surface area contributed by atoms with Crippen molar-refractivity contribution in [1.29, 1.82) is 0 Å². The van der Waals surface area contributed by atoms with Crippen LogP contribution in [0, 0.1) is 0 Å². The topological polar surface area (TPSA) is 63.2 Å². The van der Waals surface area contributed by atoms with Gasteiger partial charge in [0.25, 0.3) is 5.91 Å². The van der Waals surface area contributed by atoms with Crippen molar-refractivity contribution < 1.29 is 13.2 Å². The van der Waals surface area contributed by atoms with Crippen molar-refractivity contribution in [2.45, 2.75) is 18.2 Å². The standard InChI is InChI=1S/C17H19NO3S/c1-2-22(20,21)16-10-8-14(9-11-16)12-13-18-17(19)15-6-4-3-5-7-15/h3-11H,2,12-13H2,1H3,(H,18,19). The Balaban J connectivity index is 1.89.